The molecule has 38 heavy (non-hydrogen) atoms. The van der Waals surface area contributed by atoms with Gasteiger partial charge in [0.2, 0.25) is 0 Å². The molecular formula is C29H25BrN2O5S. The van der Waals surface area contributed by atoms with E-state index in [1.54, 1.807) is 43.7 Å². The summed E-state index contributed by atoms with van der Waals surface area (Å²) < 4.78 is 19.6. The van der Waals surface area contributed by atoms with Crippen LogP contribution in [0.3, 0.4) is 0 Å². The lowest BCUT2D eigenvalue weighted by Crippen LogP contribution is -2.39. The third-order valence-corrected chi connectivity index (χ3v) is 7.88. The van der Waals surface area contributed by atoms with Gasteiger partial charge in [0.25, 0.3) is 5.56 Å². The Labute approximate surface area is 231 Å². The van der Waals surface area contributed by atoms with Crippen LogP contribution in [0.4, 0.5) is 0 Å². The fourth-order valence-electron chi connectivity index (χ4n) is 4.42. The van der Waals surface area contributed by atoms with Crippen molar-refractivity contribution in [3.8, 4) is 17.1 Å². The number of hydrogen-bond donors (Lipinski definition) is 0. The number of rotatable bonds is 6. The first-order valence-corrected chi connectivity index (χ1v) is 13.6. The average Bonchev–Trinajstić information content (AvgIpc) is 3.47. The summed E-state index contributed by atoms with van der Waals surface area (Å²) in [6.07, 6.45) is 1.71. The standard InChI is InChI=1S/C29H25BrN2O5S/c1-5-36-28(34)25-17(3)31-29-32(26(25)18-7-9-19(35-4)10-8-18)27(33)24(38-29)15-20-11-13-23(37-20)21-12-6-16(2)14-22(21)30/h6-15,26H,5H2,1-4H3/b24-15+/t26-/m0/s1. The second kappa shape index (κ2) is 10.6. The Bertz CT molecular complexity index is 1740. The lowest BCUT2D eigenvalue weighted by atomic mass is 9.96. The molecule has 4 aromatic rings. The number of methoxy groups -OCH3 is 1. The first-order chi connectivity index (χ1) is 18.3. The predicted octanol–water partition coefficient (Wildman–Crippen LogP) is 5.14. The summed E-state index contributed by atoms with van der Waals surface area (Å²) in [7, 11) is 1.59. The van der Waals surface area contributed by atoms with Gasteiger partial charge in [-0.2, -0.15) is 0 Å². The van der Waals surface area contributed by atoms with Gasteiger partial charge in [-0.05, 0) is 68.3 Å². The highest BCUT2D eigenvalue weighted by molar-refractivity contribution is 9.10. The first kappa shape index (κ1) is 25.9. The fourth-order valence-corrected chi connectivity index (χ4v) is 6.13. The topological polar surface area (TPSA) is 83.0 Å². The first-order valence-electron chi connectivity index (χ1n) is 12.0. The SMILES string of the molecule is CCOC(=O)C1=C(C)N=c2s/c(=C/c3ccc(-c4ccc(C)cc4Br)o3)c(=O)n2[C@H]1c1ccc(OC)cc1. The molecule has 0 bridgehead atoms. The van der Waals surface area contributed by atoms with Crippen molar-refractivity contribution in [2.75, 3.05) is 13.7 Å². The quantitative estimate of drug-likeness (QED) is 0.290. The number of hydrogen-bond acceptors (Lipinski definition) is 7. The predicted molar refractivity (Wildman–Crippen MR) is 150 cm³/mol. The third-order valence-electron chi connectivity index (χ3n) is 6.24. The van der Waals surface area contributed by atoms with Crippen LogP contribution in [0.5, 0.6) is 5.75 Å². The molecule has 2 aromatic heterocycles. The van der Waals surface area contributed by atoms with Crippen molar-refractivity contribution in [3.05, 3.63) is 107 Å². The molecule has 1 atom stereocenters. The number of carbonyl (C=O) groups is 1. The molecule has 0 fully saturated rings. The maximum Gasteiger partial charge on any atom is 0.338 e. The Morgan fingerprint density at radius 1 is 1.16 bits per heavy atom. The summed E-state index contributed by atoms with van der Waals surface area (Å²) >= 11 is 4.85. The Kier molecular flexibility index (Phi) is 7.23. The monoisotopic (exact) mass is 592 g/mol. The zero-order valence-electron chi connectivity index (χ0n) is 21.3. The zero-order valence-corrected chi connectivity index (χ0v) is 23.7. The van der Waals surface area contributed by atoms with Crippen LogP contribution < -0.4 is 19.6 Å². The molecule has 0 saturated carbocycles. The normalized spacial score (nSPS) is 15.3. The molecule has 0 aliphatic carbocycles. The number of furan rings is 1. The number of aromatic nitrogens is 1. The molecule has 0 saturated heterocycles. The van der Waals surface area contributed by atoms with E-state index in [1.165, 1.54) is 11.3 Å². The van der Waals surface area contributed by atoms with Gasteiger partial charge in [-0.15, -0.1) is 0 Å². The van der Waals surface area contributed by atoms with Crippen LogP contribution in [0.2, 0.25) is 0 Å². The van der Waals surface area contributed by atoms with Crippen LogP contribution in [-0.4, -0.2) is 24.3 Å². The summed E-state index contributed by atoms with van der Waals surface area (Å²) in [5, 5.41) is 0. The van der Waals surface area contributed by atoms with Crippen LogP contribution in [-0.2, 0) is 9.53 Å². The van der Waals surface area contributed by atoms with Crippen molar-refractivity contribution < 1.29 is 18.7 Å². The summed E-state index contributed by atoms with van der Waals surface area (Å²) in [4.78, 5) is 31.9. The summed E-state index contributed by atoms with van der Waals surface area (Å²) in [5.74, 6) is 1.41. The van der Waals surface area contributed by atoms with Gasteiger partial charge in [0.1, 0.15) is 17.3 Å². The molecule has 3 heterocycles. The highest BCUT2D eigenvalue weighted by atomic mass is 79.9. The Morgan fingerprint density at radius 2 is 1.92 bits per heavy atom. The van der Waals surface area contributed by atoms with Crippen LogP contribution in [0.1, 0.15) is 36.8 Å². The Hall–Kier alpha value is -3.69. The number of nitrogens with zero attached hydrogens (tertiary/aromatic N) is 2. The van der Waals surface area contributed by atoms with Crippen molar-refractivity contribution in [2.45, 2.75) is 26.8 Å². The lowest BCUT2D eigenvalue weighted by Gasteiger charge is -2.24. The number of ether oxygens (including phenoxy) is 2. The van der Waals surface area contributed by atoms with Crippen molar-refractivity contribution in [2.24, 2.45) is 4.99 Å². The molecule has 1 aliphatic heterocycles. The van der Waals surface area contributed by atoms with E-state index >= 15 is 0 Å². The van der Waals surface area contributed by atoms with Crippen molar-refractivity contribution in [1.82, 2.24) is 4.57 Å². The molecule has 2 aromatic carbocycles. The number of thiazole rings is 1. The molecule has 0 radical (unpaired) electrons. The second-order valence-corrected chi connectivity index (χ2v) is 10.6. The number of aryl methyl sites for hydroxylation is 1. The van der Waals surface area contributed by atoms with E-state index in [4.69, 9.17) is 13.9 Å². The molecule has 7 nitrogen and oxygen atoms in total. The van der Waals surface area contributed by atoms with Crippen LogP contribution in [0.25, 0.3) is 17.4 Å². The van der Waals surface area contributed by atoms with Gasteiger partial charge in [0.15, 0.2) is 4.80 Å². The number of allylic oxidation sites excluding steroid dienone is 1. The second-order valence-electron chi connectivity index (χ2n) is 8.76. The van der Waals surface area contributed by atoms with Gasteiger partial charge in [-0.3, -0.25) is 9.36 Å². The maximum absolute atomic E-state index is 13.8. The van der Waals surface area contributed by atoms with Crippen molar-refractivity contribution in [1.29, 1.82) is 0 Å². The van der Waals surface area contributed by atoms with E-state index in [9.17, 15) is 9.59 Å². The minimum absolute atomic E-state index is 0.216. The highest BCUT2D eigenvalue weighted by Gasteiger charge is 2.33. The molecule has 5 rings (SSSR count). The number of fused-ring (bicyclic) bond motifs is 1. The lowest BCUT2D eigenvalue weighted by molar-refractivity contribution is -0.139. The minimum atomic E-state index is -0.686. The summed E-state index contributed by atoms with van der Waals surface area (Å²) in [6.45, 7) is 5.75. The van der Waals surface area contributed by atoms with Gasteiger partial charge >= 0.3 is 5.97 Å². The Balaban J connectivity index is 1.63. The van der Waals surface area contributed by atoms with E-state index in [0.717, 1.165) is 21.2 Å². The molecule has 1 aliphatic rings. The van der Waals surface area contributed by atoms with Crippen molar-refractivity contribution >= 4 is 39.3 Å². The number of esters is 1. The fraction of sp³-hybridized carbons (Fsp3) is 0.207. The maximum atomic E-state index is 13.8. The molecule has 9 heteroatoms. The zero-order chi connectivity index (χ0) is 27.0. The number of benzene rings is 2. The van der Waals surface area contributed by atoms with Gasteiger partial charge in [-0.1, -0.05) is 45.5 Å². The average molecular weight is 593 g/mol. The van der Waals surface area contributed by atoms with E-state index in [2.05, 4.69) is 20.9 Å². The van der Waals surface area contributed by atoms with Gasteiger partial charge in [0, 0.05) is 16.1 Å². The molecule has 0 N–H and O–H groups in total. The minimum Gasteiger partial charge on any atom is -0.497 e. The molecule has 0 amide bonds. The summed E-state index contributed by atoms with van der Waals surface area (Å²) in [6, 6.07) is 16.3. The van der Waals surface area contributed by atoms with Gasteiger partial charge < -0.3 is 13.9 Å². The highest BCUT2D eigenvalue weighted by Crippen LogP contribution is 2.32. The Morgan fingerprint density at radius 3 is 2.61 bits per heavy atom. The van der Waals surface area contributed by atoms with Crippen LogP contribution >= 0.6 is 27.3 Å². The molecule has 194 valence electrons. The largest absolute Gasteiger partial charge is 0.497 e. The van der Waals surface area contributed by atoms with Crippen molar-refractivity contribution in [3.63, 3.8) is 0 Å². The van der Waals surface area contributed by atoms with E-state index < -0.39 is 12.0 Å². The van der Waals surface area contributed by atoms with Crippen LogP contribution in [0.15, 0.2) is 84.5 Å². The molecule has 0 spiro atoms. The number of carbonyl (C=O) groups excluding carboxylic acids is 1. The van der Waals surface area contributed by atoms with Gasteiger partial charge in [-0.25, -0.2) is 9.79 Å². The van der Waals surface area contributed by atoms with E-state index in [1.807, 2.05) is 49.4 Å². The summed E-state index contributed by atoms with van der Waals surface area (Å²) in [5.41, 5.74) is 3.39. The van der Waals surface area contributed by atoms with E-state index in [0.29, 0.717) is 37.9 Å². The molecular weight excluding hydrogens is 568 g/mol. The van der Waals surface area contributed by atoms with Gasteiger partial charge in [0.05, 0.1) is 35.6 Å². The van der Waals surface area contributed by atoms with E-state index in [-0.39, 0.29) is 12.2 Å². The number of halogens is 1. The third kappa shape index (κ3) is 4.79. The van der Waals surface area contributed by atoms with Crippen LogP contribution in [0, 0.1) is 6.92 Å². The molecule has 0 unspecified atom stereocenters. The smallest absolute Gasteiger partial charge is 0.338 e.